The van der Waals surface area contributed by atoms with Crippen molar-refractivity contribution in [2.75, 3.05) is 0 Å². The Labute approximate surface area is 100 Å². The first kappa shape index (κ1) is 11.7. The van der Waals surface area contributed by atoms with Crippen LogP contribution < -0.4 is 0 Å². The predicted molar refractivity (Wildman–Crippen MR) is 70.8 cm³/mol. The molecule has 1 aromatic rings. The average Bonchev–Trinajstić information content (AvgIpc) is 2.24. The Morgan fingerprint density at radius 3 is 2.62 bits per heavy atom. The van der Waals surface area contributed by atoms with Gasteiger partial charge in [0.15, 0.2) is 0 Å². The molecule has 0 bridgehead atoms. The molecule has 1 aliphatic carbocycles. The Balaban J connectivity index is 1.89. The molecule has 2 rings (SSSR count). The molecule has 0 heterocycles. The minimum atomic E-state index is 0.995. The van der Waals surface area contributed by atoms with Gasteiger partial charge >= 0.3 is 0 Å². The number of hydrogen-bond donors (Lipinski definition) is 0. The van der Waals surface area contributed by atoms with E-state index in [0.29, 0.717) is 0 Å². The highest BCUT2D eigenvalue weighted by molar-refractivity contribution is 5.31. The lowest BCUT2D eigenvalue weighted by molar-refractivity contribution is 0.200. The van der Waals surface area contributed by atoms with Crippen LogP contribution in [-0.4, -0.2) is 0 Å². The highest BCUT2D eigenvalue weighted by Gasteiger charge is 2.24. The van der Waals surface area contributed by atoms with Crippen LogP contribution in [0.25, 0.3) is 0 Å². The maximum Gasteiger partial charge on any atom is -0.0276 e. The van der Waals surface area contributed by atoms with Crippen molar-refractivity contribution in [1.82, 2.24) is 0 Å². The lowest BCUT2D eigenvalue weighted by Gasteiger charge is -2.32. The maximum absolute atomic E-state index is 2.41. The van der Waals surface area contributed by atoms with E-state index in [1.54, 1.807) is 5.56 Å². The van der Waals surface area contributed by atoms with E-state index >= 15 is 0 Å². The maximum atomic E-state index is 2.41. The zero-order chi connectivity index (χ0) is 11.5. The lowest BCUT2D eigenvalue weighted by atomic mass is 9.73. The molecular formula is C16H24. The largest absolute Gasteiger partial charge is 0.0625 e. The fraction of sp³-hybridized carbons (Fsp3) is 0.625. The van der Waals surface area contributed by atoms with Gasteiger partial charge in [0, 0.05) is 0 Å². The van der Waals surface area contributed by atoms with E-state index in [9.17, 15) is 0 Å². The second-order valence-corrected chi connectivity index (χ2v) is 5.60. The number of hydrogen-bond acceptors (Lipinski definition) is 0. The highest BCUT2D eigenvalue weighted by atomic mass is 14.3. The zero-order valence-electron chi connectivity index (χ0n) is 10.9. The molecule has 0 aromatic heterocycles. The van der Waals surface area contributed by atoms with E-state index in [0.717, 1.165) is 11.8 Å². The zero-order valence-corrected chi connectivity index (χ0v) is 10.9. The number of benzene rings is 1. The number of rotatable bonds is 4. The van der Waals surface area contributed by atoms with Crippen molar-refractivity contribution in [3.05, 3.63) is 34.9 Å². The van der Waals surface area contributed by atoms with Crippen LogP contribution >= 0.6 is 0 Å². The van der Waals surface area contributed by atoms with Gasteiger partial charge in [-0.05, 0) is 67.6 Å². The summed E-state index contributed by atoms with van der Waals surface area (Å²) in [7, 11) is 0. The van der Waals surface area contributed by atoms with Crippen molar-refractivity contribution in [2.45, 2.75) is 52.9 Å². The first-order valence-electron chi connectivity index (χ1n) is 6.77. The third-order valence-corrected chi connectivity index (χ3v) is 4.11. The summed E-state index contributed by atoms with van der Waals surface area (Å²) < 4.78 is 0. The smallest absolute Gasteiger partial charge is 0.0276 e. The van der Waals surface area contributed by atoms with Gasteiger partial charge in [-0.25, -0.2) is 0 Å². The van der Waals surface area contributed by atoms with E-state index in [1.807, 2.05) is 0 Å². The molecule has 0 unspecified atom stereocenters. The third-order valence-electron chi connectivity index (χ3n) is 4.11. The number of aryl methyl sites for hydroxylation is 3. The summed E-state index contributed by atoms with van der Waals surface area (Å²) in [5.74, 6) is 2.01. The normalized spacial score (nSPS) is 24.2. The van der Waals surface area contributed by atoms with E-state index in [1.165, 1.54) is 43.2 Å². The second kappa shape index (κ2) is 5.03. The van der Waals surface area contributed by atoms with Gasteiger partial charge in [-0.2, -0.15) is 0 Å². The van der Waals surface area contributed by atoms with Gasteiger partial charge in [-0.15, -0.1) is 0 Å². The second-order valence-electron chi connectivity index (χ2n) is 5.60. The van der Waals surface area contributed by atoms with Crippen LogP contribution in [0.2, 0.25) is 0 Å². The molecule has 0 heteroatoms. The van der Waals surface area contributed by atoms with Crippen molar-refractivity contribution in [1.29, 1.82) is 0 Å². The van der Waals surface area contributed by atoms with Gasteiger partial charge in [0.2, 0.25) is 0 Å². The Hall–Kier alpha value is -0.780. The Morgan fingerprint density at radius 1 is 1.25 bits per heavy atom. The molecule has 0 saturated heterocycles. The summed E-state index contributed by atoms with van der Waals surface area (Å²) in [6.07, 6.45) is 6.78. The van der Waals surface area contributed by atoms with Gasteiger partial charge in [-0.1, -0.05) is 32.0 Å². The van der Waals surface area contributed by atoms with Crippen LogP contribution in [0, 0.1) is 18.8 Å². The Kier molecular flexibility index (Phi) is 3.68. The van der Waals surface area contributed by atoms with Crippen molar-refractivity contribution < 1.29 is 0 Å². The highest BCUT2D eigenvalue weighted by Crippen LogP contribution is 2.36. The average molecular weight is 216 g/mol. The SMILES string of the molecule is CCc1cc(CCC2CC(C)C2)ccc1C. The lowest BCUT2D eigenvalue weighted by Crippen LogP contribution is -2.21. The summed E-state index contributed by atoms with van der Waals surface area (Å²) in [5, 5.41) is 0. The van der Waals surface area contributed by atoms with Crippen LogP contribution in [0.1, 0.15) is 49.8 Å². The van der Waals surface area contributed by atoms with Gasteiger partial charge < -0.3 is 0 Å². The molecule has 1 fully saturated rings. The monoisotopic (exact) mass is 216 g/mol. The summed E-state index contributed by atoms with van der Waals surface area (Å²) in [4.78, 5) is 0. The van der Waals surface area contributed by atoms with Gasteiger partial charge in [0.05, 0.1) is 0 Å². The summed E-state index contributed by atoms with van der Waals surface area (Å²) in [6, 6.07) is 7.02. The van der Waals surface area contributed by atoms with E-state index in [4.69, 9.17) is 0 Å². The molecule has 0 nitrogen and oxygen atoms in total. The Bertz CT molecular complexity index is 345. The van der Waals surface area contributed by atoms with Crippen molar-refractivity contribution in [3.8, 4) is 0 Å². The Morgan fingerprint density at radius 2 is 2.00 bits per heavy atom. The predicted octanol–water partition coefficient (Wildman–Crippen LogP) is 4.54. The fourth-order valence-corrected chi connectivity index (χ4v) is 2.94. The molecule has 0 spiro atoms. The molecule has 0 amide bonds. The minimum Gasteiger partial charge on any atom is -0.0625 e. The summed E-state index contributed by atoms with van der Waals surface area (Å²) in [6.45, 7) is 6.84. The molecule has 0 radical (unpaired) electrons. The van der Waals surface area contributed by atoms with Crippen LogP contribution in [0.15, 0.2) is 18.2 Å². The first-order valence-corrected chi connectivity index (χ1v) is 6.77. The fourth-order valence-electron chi connectivity index (χ4n) is 2.94. The molecule has 0 aliphatic heterocycles. The minimum absolute atomic E-state index is 0.995. The van der Waals surface area contributed by atoms with Crippen LogP contribution in [0.5, 0.6) is 0 Å². The van der Waals surface area contributed by atoms with Gasteiger partial charge in [0.1, 0.15) is 0 Å². The summed E-state index contributed by atoms with van der Waals surface area (Å²) in [5.41, 5.74) is 4.52. The quantitative estimate of drug-likeness (QED) is 0.693. The molecule has 0 atom stereocenters. The first-order chi connectivity index (χ1) is 7.69. The third kappa shape index (κ3) is 2.66. The standard InChI is InChI=1S/C16H24/c1-4-16-11-14(6-5-13(16)3)7-8-15-9-12(2)10-15/h5-6,11-12,15H,4,7-10H2,1-3H3. The van der Waals surface area contributed by atoms with E-state index in [2.05, 4.69) is 39.0 Å². The molecule has 88 valence electrons. The van der Waals surface area contributed by atoms with Crippen LogP contribution in [0.3, 0.4) is 0 Å². The van der Waals surface area contributed by atoms with Crippen molar-refractivity contribution in [3.63, 3.8) is 0 Å². The van der Waals surface area contributed by atoms with Crippen molar-refractivity contribution >= 4 is 0 Å². The molecule has 1 aromatic carbocycles. The molecular weight excluding hydrogens is 192 g/mol. The van der Waals surface area contributed by atoms with Crippen LogP contribution in [0.4, 0.5) is 0 Å². The topological polar surface area (TPSA) is 0 Å². The van der Waals surface area contributed by atoms with E-state index in [-0.39, 0.29) is 0 Å². The summed E-state index contributed by atoms with van der Waals surface area (Å²) >= 11 is 0. The van der Waals surface area contributed by atoms with Crippen molar-refractivity contribution in [2.24, 2.45) is 11.8 Å². The van der Waals surface area contributed by atoms with Gasteiger partial charge in [-0.3, -0.25) is 0 Å². The van der Waals surface area contributed by atoms with Gasteiger partial charge in [0.25, 0.3) is 0 Å². The molecule has 1 aliphatic rings. The molecule has 1 saturated carbocycles. The van der Waals surface area contributed by atoms with Crippen LogP contribution in [-0.2, 0) is 12.8 Å². The van der Waals surface area contributed by atoms with E-state index < -0.39 is 0 Å². The molecule has 16 heavy (non-hydrogen) atoms. The molecule has 0 N–H and O–H groups in total.